The number of aromatic amines is 1. The van der Waals surface area contributed by atoms with E-state index in [2.05, 4.69) is 22.2 Å². The van der Waals surface area contributed by atoms with Gasteiger partial charge in [-0.15, -0.1) is 0 Å². The number of H-pyrrole nitrogens is 1. The van der Waals surface area contributed by atoms with E-state index in [4.69, 9.17) is 0 Å². The number of nitrogens with zero attached hydrogens (tertiary/aromatic N) is 3. The van der Waals surface area contributed by atoms with Gasteiger partial charge in [-0.05, 0) is 31.0 Å². The maximum atomic E-state index is 12.7. The molecule has 3 rings (SSSR count). The smallest absolute Gasteiger partial charge is 0.318 e. The minimum Gasteiger partial charge on any atom is -0.342 e. The van der Waals surface area contributed by atoms with Crippen LogP contribution in [-0.2, 0) is 11.3 Å². The Morgan fingerprint density at radius 3 is 2.96 bits per heavy atom. The second-order valence-corrected chi connectivity index (χ2v) is 6.97. The molecule has 1 aromatic carbocycles. The molecule has 0 unspecified atom stereocenters. The van der Waals surface area contributed by atoms with Gasteiger partial charge in [0.25, 0.3) is 0 Å². The van der Waals surface area contributed by atoms with Crippen LogP contribution < -0.4 is 5.32 Å². The summed E-state index contributed by atoms with van der Waals surface area (Å²) in [4.78, 5) is 36.2. The van der Waals surface area contributed by atoms with Crippen LogP contribution in [0.1, 0.15) is 37.6 Å². The number of hydrogen-bond acceptors (Lipinski definition) is 3. The second-order valence-electron chi connectivity index (χ2n) is 6.97. The van der Waals surface area contributed by atoms with Crippen molar-refractivity contribution >= 4 is 23.0 Å². The molecule has 7 heteroatoms. The van der Waals surface area contributed by atoms with Crippen LogP contribution in [0.5, 0.6) is 0 Å². The van der Waals surface area contributed by atoms with E-state index in [1.54, 1.807) is 16.8 Å². The van der Waals surface area contributed by atoms with E-state index in [1.807, 2.05) is 25.1 Å². The molecule has 1 atom stereocenters. The zero-order valence-corrected chi connectivity index (χ0v) is 15.7. The van der Waals surface area contributed by atoms with Crippen molar-refractivity contribution in [2.75, 3.05) is 20.1 Å². The summed E-state index contributed by atoms with van der Waals surface area (Å²) in [7, 11) is 1.80. The van der Waals surface area contributed by atoms with Crippen molar-refractivity contribution in [1.82, 2.24) is 25.1 Å². The summed E-state index contributed by atoms with van der Waals surface area (Å²) >= 11 is 0. The van der Waals surface area contributed by atoms with E-state index in [9.17, 15) is 9.59 Å². The summed E-state index contributed by atoms with van der Waals surface area (Å²) in [6, 6.07) is 5.44. The first-order valence-electron chi connectivity index (χ1n) is 9.24. The number of likely N-dealkylation sites (N-methyl/N-ethyl adjacent to an activating group) is 1. The van der Waals surface area contributed by atoms with Gasteiger partial charge >= 0.3 is 6.03 Å². The van der Waals surface area contributed by atoms with E-state index >= 15 is 0 Å². The van der Waals surface area contributed by atoms with Crippen molar-refractivity contribution in [3.05, 3.63) is 29.6 Å². The topological polar surface area (TPSA) is 81.3 Å². The number of amides is 3. The van der Waals surface area contributed by atoms with Gasteiger partial charge in [0.1, 0.15) is 11.9 Å². The van der Waals surface area contributed by atoms with Crippen molar-refractivity contribution in [3.63, 3.8) is 0 Å². The number of nitrogens with one attached hydrogen (secondary N) is 2. The predicted octanol–water partition coefficient (Wildman–Crippen LogP) is 2.41. The summed E-state index contributed by atoms with van der Waals surface area (Å²) in [5, 5.41) is 2.91. The number of benzene rings is 1. The van der Waals surface area contributed by atoms with Gasteiger partial charge in [-0.2, -0.15) is 0 Å². The molecular weight excluding hydrogens is 330 g/mol. The zero-order valence-electron chi connectivity index (χ0n) is 15.7. The first-order chi connectivity index (χ1) is 12.5. The summed E-state index contributed by atoms with van der Waals surface area (Å²) in [6.07, 6.45) is 2.63. The lowest BCUT2D eigenvalue weighted by molar-refractivity contribution is -0.138. The Bertz CT molecular complexity index is 800. The molecule has 1 aliphatic rings. The number of urea groups is 1. The molecule has 26 heavy (non-hydrogen) atoms. The van der Waals surface area contributed by atoms with Crippen LogP contribution in [0.3, 0.4) is 0 Å². The van der Waals surface area contributed by atoms with E-state index in [0.717, 1.165) is 29.4 Å². The van der Waals surface area contributed by atoms with E-state index in [1.165, 1.54) is 0 Å². The number of carbonyl (C=O) groups is 2. The molecule has 1 saturated heterocycles. The fourth-order valence-corrected chi connectivity index (χ4v) is 3.35. The number of imidazole rings is 1. The van der Waals surface area contributed by atoms with Gasteiger partial charge in [0, 0.05) is 20.1 Å². The largest absolute Gasteiger partial charge is 0.342 e. The molecule has 1 aromatic heterocycles. The molecule has 1 aliphatic heterocycles. The minimum absolute atomic E-state index is 0.0269. The molecule has 140 valence electrons. The number of hydrogen-bond donors (Lipinski definition) is 2. The molecule has 7 nitrogen and oxygen atoms in total. The first kappa shape index (κ1) is 18.2. The molecule has 2 aromatic rings. The van der Waals surface area contributed by atoms with Crippen LogP contribution in [0.15, 0.2) is 18.2 Å². The highest BCUT2D eigenvalue weighted by atomic mass is 16.2. The average Bonchev–Trinajstić information content (AvgIpc) is 3.02. The van der Waals surface area contributed by atoms with E-state index in [-0.39, 0.29) is 18.0 Å². The number of aryl methyl sites for hydroxylation is 1. The zero-order chi connectivity index (χ0) is 18.7. The first-order valence-corrected chi connectivity index (χ1v) is 9.24. The maximum Gasteiger partial charge on any atom is 0.318 e. The van der Waals surface area contributed by atoms with Crippen LogP contribution in [-0.4, -0.2) is 57.9 Å². The molecule has 1 fully saturated rings. The Kier molecular flexibility index (Phi) is 5.44. The lowest BCUT2D eigenvalue weighted by Crippen LogP contribution is -2.59. The predicted molar refractivity (Wildman–Crippen MR) is 101 cm³/mol. The van der Waals surface area contributed by atoms with Gasteiger partial charge in [-0.25, -0.2) is 9.78 Å². The van der Waals surface area contributed by atoms with Crippen molar-refractivity contribution in [1.29, 1.82) is 0 Å². The molecule has 0 bridgehead atoms. The molecule has 0 saturated carbocycles. The highest BCUT2D eigenvalue weighted by Gasteiger charge is 2.35. The van der Waals surface area contributed by atoms with Gasteiger partial charge in [0.05, 0.1) is 17.6 Å². The summed E-state index contributed by atoms with van der Waals surface area (Å²) in [5.41, 5.74) is 3.01. The Hall–Kier alpha value is -2.57. The molecule has 2 N–H and O–H groups in total. The summed E-state index contributed by atoms with van der Waals surface area (Å²) < 4.78 is 0. The van der Waals surface area contributed by atoms with Gasteiger partial charge in [0.2, 0.25) is 5.91 Å². The van der Waals surface area contributed by atoms with Crippen molar-refractivity contribution in [3.8, 4) is 0 Å². The van der Waals surface area contributed by atoms with Crippen LogP contribution in [0.25, 0.3) is 11.0 Å². The average molecular weight is 357 g/mol. The van der Waals surface area contributed by atoms with Crippen LogP contribution >= 0.6 is 0 Å². The fourth-order valence-electron chi connectivity index (χ4n) is 3.35. The lowest BCUT2D eigenvalue weighted by Gasteiger charge is -2.39. The van der Waals surface area contributed by atoms with Crippen LogP contribution in [0, 0.1) is 6.92 Å². The number of fused-ring (bicyclic) bond motifs is 1. The molecule has 0 spiro atoms. The quantitative estimate of drug-likeness (QED) is 0.862. The number of aromatic nitrogens is 2. The van der Waals surface area contributed by atoms with Crippen molar-refractivity contribution in [2.24, 2.45) is 0 Å². The summed E-state index contributed by atoms with van der Waals surface area (Å²) in [6.45, 7) is 5.56. The third-order valence-electron chi connectivity index (χ3n) is 4.90. The Morgan fingerprint density at radius 1 is 1.38 bits per heavy atom. The Labute approximate surface area is 153 Å². The van der Waals surface area contributed by atoms with Crippen molar-refractivity contribution < 1.29 is 9.59 Å². The van der Waals surface area contributed by atoms with Crippen LogP contribution in [0.2, 0.25) is 0 Å². The van der Waals surface area contributed by atoms with Crippen LogP contribution in [0.4, 0.5) is 4.79 Å². The van der Waals surface area contributed by atoms with Gasteiger partial charge < -0.3 is 20.1 Å². The number of rotatable bonds is 5. The molecule has 3 amide bonds. The highest BCUT2D eigenvalue weighted by Crippen LogP contribution is 2.17. The fraction of sp³-hybridized carbons (Fsp3) is 0.526. The van der Waals surface area contributed by atoms with Gasteiger partial charge in [0.15, 0.2) is 0 Å². The van der Waals surface area contributed by atoms with E-state index < -0.39 is 0 Å². The van der Waals surface area contributed by atoms with Gasteiger partial charge in [-0.3, -0.25) is 4.79 Å². The number of piperazine rings is 1. The maximum absolute atomic E-state index is 12.7. The van der Waals surface area contributed by atoms with Gasteiger partial charge in [-0.1, -0.05) is 25.8 Å². The Morgan fingerprint density at radius 2 is 2.19 bits per heavy atom. The third-order valence-corrected chi connectivity index (χ3v) is 4.90. The van der Waals surface area contributed by atoms with Crippen molar-refractivity contribution in [2.45, 2.75) is 45.7 Å². The molecule has 0 aliphatic carbocycles. The van der Waals surface area contributed by atoms with E-state index in [0.29, 0.717) is 31.9 Å². The molecule has 0 radical (unpaired) electrons. The minimum atomic E-state index is -0.368. The second kappa shape index (κ2) is 7.76. The SMILES string of the molecule is CCCC[C@@H]1C(=O)N(C)CCN1C(=O)NCc1nc2ccc(C)cc2[nH]1. The number of carbonyl (C=O) groups excluding carboxylic acids is 2. The monoisotopic (exact) mass is 357 g/mol. The lowest BCUT2D eigenvalue weighted by atomic mass is 10.0. The normalized spacial score (nSPS) is 17.8. The third kappa shape index (κ3) is 3.81. The molecular formula is C19H27N5O2. The Balaban J connectivity index is 1.66. The highest BCUT2D eigenvalue weighted by molar-refractivity contribution is 5.88. The summed E-state index contributed by atoms with van der Waals surface area (Å²) in [5.74, 6) is 0.739. The number of unbranched alkanes of at least 4 members (excludes halogenated alkanes) is 1. The standard InChI is InChI=1S/C19H27N5O2/c1-4-5-6-16-18(25)23(3)9-10-24(16)19(26)20-12-17-21-14-8-7-13(2)11-15(14)22-17/h7-8,11,16H,4-6,9-10,12H2,1-3H3,(H,20,26)(H,21,22)/t16-/m1/s1. The molecule has 2 heterocycles.